The molecule has 0 radical (unpaired) electrons. The van der Waals surface area contributed by atoms with Crippen LogP contribution in [0.3, 0.4) is 0 Å². The maximum Gasteiger partial charge on any atom is 0.248 e. The number of rotatable bonds is 0. The lowest BCUT2D eigenvalue weighted by atomic mass is 10.7. The van der Waals surface area contributed by atoms with Crippen molar-refractivity contribution in [1.29, 1.82) is 5.26 Å². The van der Waals surface area contributed by atoms with Crippen LogP contribution in [0.1, 0.15) is 5.82 Å². The standard InChI is InChI=1S/C2N5O.H3N/c3-1-2-4-5-6-7(2)8;/h;1H3/q-1;/p+1. The molecular formula is C2H4N6O. The van der Waals surface area contributed by atoms with Crippen LogP contribution in [-0.2, 0) is 0 Å². The predicted molar refractivity (Wildman–Crippen MR) is 27.3 cm³/mol. The largest absolute Gasteiger partial charge is 0.787 e. The van der Waals surface area contributed by atoms with E-state index in [1.54, 1.807) is 0 Å². The van der Waals surface area contributed by atoms with Crippen molar-refractivity contribution in [2.45, 2.75) is 0 Å². The molecule has 0 aromatic carbocycles. The SMILES string of the molecule is N#Cc1nnnn1[O-].[NH4+]. The normalized spacial score (nSPS) is 7.44. The molecule has 1 aromatic rings. The van der Waals surface area contributed by atoms with Gasteiger partial charge in [0.15, 0.2) is 0 Å². The average molecular weight is 128 g/mol. The molecule has 0 unspecified atom stereocenters. The van der Waals surface area contributed by atoms with Gasteiger partial charge in [-0.15, -0.1) is 0 Å². The lowest BCUT2D eigenvalue weighted by molar-refractivity contribution is 0.788. The molecule has 7 heteroatoms. The van der Waals surface area contributed by atoms with Crippen molar-refractivity contribution in [1.82, 2.24) is 26.5 Å². The second kappa shape index (κ2) is 2.58. The Morgan fingerprint density at radius 2 is 2.33 bits per heavy atom. The molecule has 1 aromatic heterocycles. The minimum Gasteiger partial charge on any atom is -0.787 e. The molecule has 0 saturated heterocycles. The Kier molecular flexibility index (Phi) is 2.10. The Morgan fingerprint density at radius 1 is 1.67 bits per heavy atom. The molecule has 4 N–H and O–H groups in total. The van der Waals surface area contributed by atoms with Crippen LogP contribution in [0.25, 0.3) is 0 Å². The lowest BCUT2D eigenvalue weighted by Gasteiger charge is -1.96. The van der Waals surface area contributed by atoms with Crippen LogP contribution >= 0.6 is 0 Å². The second-order valence-electron chi connectivity index (χ2n) is 0.987. The summed E-state index contributed by atoms with van der Waals surface area (Å²) in [4.78, 5) is 0.0556. The molecule has 9 heavy (non-hydrogen) atoms. The minimum atomic E-state index is -0.329. The van der Waals surface area contributed by atoms with Crippen LogP contribution in [-0.4, -0.2) is 20.4 Å². The van der Waals surface area contributed by atoms with E-state index in [-0.39, 0.29) is 16.8 Å². The van der Waals surface area contributed by atoms with E-state index in [0.717, 1.165) is 0 Å². The molecule has 1 rings (SSSR count). The van der Waals surface area contributed by atoms with Gasteiger partial charge in [-0.1, -0.05) is 5.10 Å². The number of hydrogen-bond donors (Lipinski definition) is 1. The first-order valence-electron chi connectivity index (χ1n) is 1.70. The van der Waals surface area contributed by atoms with Gasteiger partial charge in [-0.3, -0.25) is 0 Å². The van der Waals surface area contributed by atoms with Crippen LogP contribution in [0.15, 0.2) is 0 Å². The van der Waals surface area contributed by atoms with Crippen LogP contribution in [0, 0.1) is 16.5 Å². The highest BCUT2D eigenvalue weighted by atomic mass is 16.5. The summed E-state index contributed by atoms with van der Waals surface area (Å²) in [5.41, 5.74) is 0. The van der Waals surface area contributed by atoms with Gasteiger partial charge in [0.1, 0.15) is 6.07 Å². The van der Waals surface area contributed by atoms with E-state index >= 15 is 0 Å². The highest BCUT2D eigenvalue weighted by Gasteiger charge is 1.91. The van der Waals surface area contributed by atoms with Crippen molar-refractivity contribution in [3.05, 3.63) is 11.0 Å². The lowest BCUT2D eigenvalue weighted by Crippen LogP contribution is -1.91. The van der Waals surface area contributed by atoms with E-state index in [4.69, 9.17) is 5.26 Å². The number of aromatic nitrogens is 4. The summed E-state index contributed by atoms with van der Waals surface area (Å²) in [5, 5.41) is 27.0. The molecule has 1 heterocycles. The van der Waals surface area contributed by atoms with E-state index in [1.807, 2.05) is 0 Å². The Hall–Kier alpha value is -1.68. The minimum absolute atomic E-state index is 0. The monoisotopic (exact) mass is 128 g/mol. The zero-order chi connectivity index (χ0) is 5.98. The molecule has 0 aliphatic carbocycles. The van der Waals surface area contributed by atoms with E-state index in [1.165, 1.54) is 6.07 Å². The fourth-order valence-corrected chi connectivity index (χ4v) is 0.244. The van der Waals surface area contributed by atoms with Gasteiger partial charge in [-0.2, -0.15) is 5.26 Å². The van der Waals surface area contributed by atoms with Gasteiger partial charge in [0, 0.05) is 0 Å². The molecule has 0 bridgehead atoms. The van der Waals surface area contributed by atoms with Gasteiger partial charge < -0.3 is 11.4 Å². The van der Waals surface area contributed by atoms with Crippen molar-refractivity contribution < 1.29 is 0 Å². The average Bonchev–Trinajstić information content (AvgIpc) is 2.14. The molecule has 0 spiro atoms. The van der Waals surface area contributed by atoms with Crippen molar-refractivity contribution in [2.24, 2.45) is 0 Å². The van der Waals surface area contributed by atoms with Crippen LogP contribution < -0.4 is 6.15 Å². The number of tetrazole rings is 1. The smallest absolute Gasteiger partial charge is 0.248 e. The molecular weight excluding hydrogens is 124 g/mol. The third kappa shape index (κ3) is 1.11. The van der Waals surface area contributed by atoms with Gasteiger partial charge in [0.2, 0.25) is 5.82 Å². The Bertz CT molecular complexity index is 221. The Morgan fingerprint density at radius 3 is 2.56 bits per heavy atom. The third-order valence-electron chi connectivity index (χ3n) is 0.542. The first-order chi connectivity index (χ1) is 3.84. The molecule has 7 nitrogen and oxygen atoms in total. The van der Waals surface area contributed by atoms with Gasteiger partial charge in [0.25, 0.3) is 0 Å². The molecule has 0 saturated carbocycles. The van der Waals surface area contributed by atoms with Crippen molar-refractivity contribution in [3.8, 4) is 6.07 Å². The fraction of sp³-hybridized carbons (Fsp3) is 0. The zero-order valence-electron chi connectivity index (χ0n) is 4.64. The van der Waals surface area contributed by atoms with E-state index in [9.17, 15) is 5.21 Å². The summed E-state index contributed by atoms with van der Waals surface area (Å²) in [7, 11) is 0. The van der Waals surface area contributed by atoms with Gasteiger partial charge in [-0.05, 0) is 10.4 Å². The number of hydrogen-bond acceptors (Lipinski definition) is 5. The van der Waals surface area contributed by atoms with Gasteiger partial charge in [-0.25, -0.2) is 4.85 Å². The molecule has 48 valence electrons. The van der Waals surface area contributed by atoms with Crippen LogP contribution in [0.4, 0.5) is 0 Å². The third-order valence-corrected chi connectivity index (χ3v) is 0.542. The highest BCUT2D eigenvalue weighted by Crippen LogP contribution is 1.80. The second-order valence-corrected chi connectivity index (χ2v) is 0.987. The highest BCUT2D eigenvalue weighted by molar-refractivity contribution is 5.06. The Balaban J connectivity index is 0.000000640. The maximum atomic E-state index is 10.1. The summed E-state index contributed by atoms with van der Waals surface area (Å²) in [6.45, 7) is 0. The van der Waals surface area contributed by atoms with Crippen LogP contribution in [0.5, 0.6) is 0 Å². The van der Waals surface area contributed by atoms with Crippen molar-refractivity contribution in [2.75, 3.05) is 0 Å². The first kappa shape index (κ1) is 7.32. The molecule has 0 fully saturated rings. The van der Waals surface area contributed by atoms with E-state index in [2.05, 4.69) is 15.5 Å². The van der Waals surface area contributed by atoms with E-state index in [0.29, 0.717) is 0 Å². The molecule has 0 aliphatic rings. The number of quaternary nitrogens is 1. The van der Waals surface area contributed by atoms with E-state index < -0.39 is 0 Å². The zero-order valence-corrected chi connectivity index (χ0v) is 4.64. The maximum absolute atomic E-state index is 10.1. The van der Waals surface area contributed by atoms with Crippen molar-refractivity contribution >= 4 is 0 Å². The molecule has 0 atom stereocenters. The summed E-state index contributed by atoms with van der Waals surface area (Å²) >= 11 is 0. The predicted octanol–water partition coefficient (Wildman–Crippen LogP) is -0.733. The quantitative estimate of drug-likeness (QED) is 0.492. The number of nitriles is 1. The summed E-state index contributed by atoms with van der Waals surface area (Å²) in [6, 6.07) is 1.49. The van der Waals surface area contributed by atoms with Gasteiger partial charge >= 0.3 is 0 Å². The summed E-state index contributed by atoms with van der Waals surface area (Å²) in [6.07, 6.45) is 0. The number of nitrogens with zero attached hydrogens (tertiary/aromatic N) is 5. The Labute approximate surface area is 50.1 Å². The van der Waals surface area contributed by atoms with Crippen molar-refractivity contribution in [3.63, 3.8) is 0 Å². The topological polar surface area (TPSA) is 127 Å². The fourth-order valence-electron chi connectivity index (χ4n) is 0.244. The molecule has 0 aliphatic heterocycles. The van der Waals surface area contributed by atoms with Gasteiger partial charge in [0.05, 0.1) is 0 Å². The molecule has 0 amide bonds. The summed E-state index contributed by atoms with van der Waals surface area (Å²) in [5.74, 6) is -0.329. The van der Waals surface area contributed by atoms with Crippen LogP contribution in [0.2, 0.25) is 0 Å². The first-order valence-corrected chi connectivity index (χ1v) is 1.70. The summed E-state index contributed by atoms with van der Waals surface area (Å²) < 4.78 is 0.